The summed E-state index contributed by atoms with van der Waals surface area (Å²) in [6.07, 6.45) is 0.796. The normalized spacial score (nSPS) is 9.12. The Bertz CT molecular complexity index is 394. The third kappa shape index (κ3) is 7.89. The Morgan fingerprint density at radius 3 is 1.88 bits per heavy atom. The summed E-state index contributed by atoms with van der Waals surface area (Å²) in [5.41, 5.74) is -0.0486. The third-order valence-electron chi connectivity index (χ3n) is 1.68. The lowest BCUT2D eigenvalue weighted by atomic mass is 10.2. The first kappa shape index (κ1) is 15.0. The van der Waals surface area contributed by atoms with Crippen LogP contribution in [-0.4, -0.2) is 27.8 Å². The smallest absolute Gasteiger partial charge is 0.358 e. The van der Waals surface area contributed by atoms with Crippen molar-refractivity contribution in [3.63, 3.8) is 0 Å². The van der Waals surface area contributed by atoms with E-state index in [1.165, 1.54) is 19.9 Å². The number of rotatable bonds is 4. The predicted octanol–water partition coefficient (Wildman–Crippen LogP) is 1.63. The van der Waals surface area contributed by atoms with Gasteiger partial charge >= 0.3 is 5.97 Å². The van der Waals surface area contributed by atoms with Gasteiger partial charge in [-0.1, -0.05) is 5.16 Å². The Hall–Kier alpha value is -1.98. The molecule has 0 amide bonds. The molecule has 0 saturated carbocycles. The lowest BCUT2D eigenvalue weighted by Gasteiger charge is -1.86. The highest BCUT2D eigenvalue weighted by atomic mass is 16.5. The fraction of sp³-hybridized carbons (Fsp3) is 0.455. The van der Waals surface area contributed by atoms with Gasteiger partial charge in [0, 0.05) is 18.9 Å². The summed E-state index contributed by atoms with van der Waals surface area (Å²) in [6, 6.07) is 1.36. The van der Waals surface area contributed by atoms with Gasteiger partial charge in [-0.15, -0.1) is 0 Å². The van der Waals surface area contributed by atoms with Crippen LogP contribution in [0.1, 0.15) is 42.9 Å². The first-order valence-corrected chi connectivity index (χ1v) is 4.98. The summed E-state index contributed by atoms with van der Waals surface area (Å²) in [6.45, 7) is 4.62. The number of carbonyl (C=O) groups is 3. The van der Waals surface area contributed by atoms with Gasteiger partial charge in [0.2, 0.25) is 0 Å². The van der Waals surface area contributed by atoms with Crippen LogP contribution < -0.4 is 0 Å². The number of aromatic carboxylic acids is 1. The zero-order valence-corrected chi connectivity index (χ0v) is 10.0. The minimum Gasteiger partial charge on any atom is -0.476 e. The van der Waals surface area contributed by atoms with Gasteiger partial charge < -0.3 is 19.2 Å². The van der Waals surface area contributed by atoms with Crippen LogP contribution >= 0.6 is 0 Å². The summed E-state index contributed by atoms with van der Waals surface area (Å²) in [7, 11) is 0. The van der Waals surface area contributed by atoms with Crippen LogP contribution in [0, 0.1) is 6.92 Å². The van der Waals surface area contributed by atoms with Crippen LogP contribution in [0.2, 0.25) is 0 Å². The monoisotopic (exact) mass is 241 g/mol. The zero-order valence-electron chi connectivity index (χ0n) is 10.0. The molecule has 0 aliphatic heterocycles. The Balaban J connectivity index is 0.000000304. The standard InChI is InChI=1S/C6H10O2.C5H5NO3/c1-5(7)3-4-6(2)8;1-3-2-4(5(7)8)6-9-3/h3-4H2,1-2H3;2H,1H3,(H,7,8). The van der Waals surface area contributed by atoms with Crippen molar-refractivity contribution in [1.29, 1.82) is 0 Å². The van der Waals surface area contributed by atoms with E-state index in [-0.39, 0.29) is 17.3 Å². The Morgan fingerprint density at radius 2 is 1.71 bits per heavy atom. The Labute approximate surface area is 98.6 Å². The molecule has 0 fully saturated rings. The minimum atomic E-state index is -1.06. The summed E-state index contributed by atoms with van der Waals surface area (Å²) >= 11 is 0. The first-order chi connectivity index (χ1) is 7.82. The molecule has 6 nitrogen and oxygen atoms in total. The highest BCUT2D eigenvalue weighted by Gasteiger charge is 2.06. The predicted molar refractivity (Wildman–Crippen MR) is 58.8 cm³/mol. The first-order valence-electron chi connectivity index (χ1n) is 4.98. The quantitative estimate of drug-likeness (QED) is 0.860. The van der Waals surface area contributed by atoms with Crippen molar-refractivity contribution in [2.75, 3.05) is 0 Å². The van der Waals surface area contributed by atoms with Crippen molar-refractivity contribution in [2.45, 2.75) is 33.6 Å². The molecule has 1 N–H and O–H groups in total. The average molecular weight is 241 g/mol. The second kappa shape index (κ2) is 7.32. The number of ketones is 2. The second-order valence-electron chi connectivity index (χ2n) is 3.53. The van der Waals surface area contributed by atoms with Gasteiger partial charge in [0.15, 0.2) is 5.69 Å². The molecule has 1 heterocycles. The maximum absolute atomic E-state index is 10.2. The highest BCUT2D eigenvalue weighted by molar-refractivity contribution is 5.85. The van der Waals surface area contributed by atoms with E-state index in [1.54, 1.807) is 6.92 Å². The van der Waals surface area contributed by atoms with Crippen LogP contribution in [-0.2, 0) is 9.59 Å². The van der Waals surface area contributed by atoms with E-state index in [2.05, 4.69) is 9.68 Å². The molecule has 94 valence electrons. The number of carboxylic acid groups (broad SMARTS) is 1. The molecular formula is C11H15NO5. The van der Waals surface area contributed by atoms with Crippen LogP contribution in [0.25, 0.3) is 0 Å². The molecule has 0 aromatic carbocycles. The van der Waals surface area contributed by atoms with Crippen molar-refractivity contribution in [3.8, 4) is 0 Å². The molecule has 1 aromatic rings. The van der Waals surface area contributed by atoms with E-state index in [0.717, 1.165) is 0 Å². The fourth-order valence-electron chi connectivity index (χ4n) is 0.819. The molecule has 0 unspecified atom stereocenters. The van der Waals surface area contributed by atoms with Gasteiger partial charge in [0.1, 0.15) is 17.3 Å². The van der Waals surface area contributed by atoms with Gasteiger partial charge in [-0.05, 0) is 20.8 Å². The van der Waals surface area contributed by atoms with Crippen LogP contribution in [0.4, 0.5) is 0 Å². The Kier molecular flexibility index (Phi) is 6.47. The molecule has 0 bridgehead atoms. The molecule has 0 atom stereocenters. The molecule has 0 aliphatic carbocycles. The average Bonchev–Trinajstić information content (AvgIpc) is 2.63. The molecule has 0 spiro atoms. The number of hydrogen-bond acceptors (Lipinski definition) is 5. The van der Waals surface area contributed by atoms with Gasteiger partial charge in [-0.3, -0.25) is 0 Å². The topological polar surface area (TPSA) is 97.5 Å². The fourth-order valence-corrected chi connectivity index (χ4v) is 0.819. The summed E-state index contributed by atoms with van der Waals surface area (Å²) in [5.74, 6) is -0.389. The number of Topliss-reactive ketones (excluding diaryl/α,β-unsaturated/α-hetero) is 2. The molecule has 6 heteroatoms. The van der Waals surface area contributed by atoms with Crippen molar-refractivity contribution >= 4 is 17.5 Å². The SMILES string of the molecule is CC(=O)CCC(C)=O.Cc1cc(C(=O)O)no1. The van der Waals surface area contributed by atoms with E-state index in [9.17, 15) is 14.4 Å². The Morgan fingerprint density at radius 1 is 1.24 bits per heavy atom. The molecule has 0 aliphatic rings. The zero-order chi connectivity index (χ0) is 13.4. The summed E-state index contributed by atoms with van der Waals surface area (Å²) < 4.78 is 4.49. The van der Waals surface area contributed by atoms with E-state index >= 15 is 0 Å². The number of nitrogens with zero attached hydrogens (tertiary/aromatic N) is 1. The third-order valence-corrected chi connectivity index (χ3v) is 1.68. The van der Waals surface area contributed by atoms with Crippen LogP contribution in [0.5, 0.6) is 0 Å². The molecule has 17 heavy (non-hydrogen) atoms. The minimum absolute atomic E-state index is 0.0486. The number of hydrogen-bond donors (Lipinski definition) is 1. The van der Waals surface area contributed by atoms with Crippen molar-refractivity contribution < 1.29 is 24.0 Å². The number of carboxylic acids is 1. The maximum atomic E-state index is 10.2. The lowest BCUT2D eigenvalue weighted by molar-refractivity contribution is -0.122. The summed E-state index contributed by atoms with van der Waals surface area (Å²) in [4.78, 5) is 30.5. The van der Waals surface area contributed by atoms with Gasteiger partial charge in [0.05, 0.1) is 0 Å². The molecular weight excluding hydrogens is 226 g/mol. The maximum Gasteiger partial charge on any atom is 0.358 e. The number of carbonyl (C=O) groups excluding carboxylic acids is 2. The molecule has 0 radical (unpaired) electrons. The van der Waals surface area contributed by atoms with E-state index in [4.69, 9.17) is 5.11 Å². The number of aryl methyl sites for hydroxylation is 1. The highest BCUT2D eigenvalue weighted by Crippen LogP contribution is 1.99. The van der Waals surface area contributed by atoms with Crippen molar-refractivity contribution in [1.82, 2.24) is 5.16 Å². The molecule has 1 aromatic heterocycles. The van der Waals surface area contributed by atoms with Gasteiger partial charge in [0.25, 0.3) is 0 Å². The second-order valence-corrected chi connectivity index (χ2v) is 3.53. The van der Waals surface area contributed by atoms with E-state index in [0.29, 0.717) is 18.6 Å². The van der Waals surface area contributed by atoms with Gasteiger partial charge in [-0.2, -0.15) is 0 Å². The summed E-state index contributed by atoms with van der Waals surface area (Å²) in [5, 5.41) is 11.5. The van der Waals surface area contributed by atoms with Crippen LogP contribution in [0.15, 0.2) is 10.6 Å². The van der Waals surface area contributed by atoms with Crippen LogP contribution in [0.3, 0.4) is 0 Å². The molecule has 1 rings (SSSR count). The lowest BCUT2D eigenvalue weighted by Crippen LogP contribution is -1.95. The number of aromatic nitrogens is 1. The molecule has 0 saturated heterocycles. The van der Waals surface area contributed by atoms with Crippen molar-refractivity contribution in [2.24, 2.45) is 0 Å². The van der Waals surface area contributed by atoms with E-state index < -0.39 is 5.97 Å². The van der Waals surface area contributed by atoms with Crippen molar-refractivity contribution in [3.05, 3.63) is 17.5 Å². The van der Waals surface area contributed by atoms with E-state index in [1.807, 2.05) is 0 Å². The largest absolute Gasteiger partial charge is 0.476 e. The van der Waals surface area contributed by atoms with Gasteiger partial charge in [-0.25, -0.2) is 4.79 Å².